The van der Waals surface area contributed by atoms with Gasteiger partial charge in [-0.3, -0.25) is 0 Å². The van der Waals surface area contributed by atoms with Crippen molar-refractivity contribution in [2.24, 2.45) is 5.41 Å². The number of rotatable bonds is 7. The van der Waals surface area contributed by atoms with Crippen molar-refractivity contribution in [3.8, 4) is 5.75 Å². The zero-order chi connectivity index (χ0) is 15.2. The fourth-order valence-electron chi connectivity index (χ4n) is 1.99. The number of hydrogen-bond donors (Lipinski definition) is 1. The van der Waals surface area contributed by atoms with Gasteiger partial charge in [-0.15, -0.1) is 0 Å². The molecule has 1 aromatic carbocycles. The molecule has 0 radical (unpaired) electrons. The predicted molar refractivity (Wildman–Crippen MR) is 87.6 cm³/mol. The lowest BCUT2D eigenvalue weighted by molar-refractivity contribution is 0.176. The molecule has 1 N–H and O–H groups in total. The Kier molecular flexibility index (Phi) is 6.07. The summed E-state index contributed by atoms with van der Waals surface area (Å²) >= 11 is 0. The van der Waals surface area contributed by atoms with E-state index in [1.807, 2.05) is 6.07 Å². The van der Waals surface area contributed by atoms with E-state index >= 15 is 0 Å². The fraction of sp³-hybridized carbons (Fsp3) is 0.667. The molecule has 0 unspecified atom stereocenters. The fourth-order valence-corrected chi connectivity index (χ4v) is 1.99. The first-order chi connectivity index (χ1) is 9.24. The quantitative estimate of drug-likeness (QED) is 0.746. The molecule has 0 aromatic heterocycles. The average Bonchev–Trinajstić information content (AvgIpc) is 2.36. The molecular formula is C18H31NO. The first kappa shape index (κ1) is 17.0. The van der Waals surface area contributed by atoms with Crippen molar-refractivity contribution in [2.75, 3.05) is 19.7 Å². The van der Waals surface area contributed by atoms with Crippen molar-refractivity contribution >= 4 is 0 Å². The van der Waals surface area contributed by atoms with Crippen molar-refractivity contribution in [3.05, 3.63) is 29.8 Å². The van der Waals surface area contributed by atoms with E-state index in [0.717, 1.165) is 25.4 Å². The van der Waals surface area contributed by atoms with Crippen LogP contribution in [0.15, 0.2) is 24.3 Å². The first-order valence-electron chi connectivity index (χ1n) is 7.69. The Hall–Kier alpha value is -1.02. The Labute approximate surface area is 124 Å². The van der Waals surface area contributed by atoms with Gasteiger partial charge in [0.25, 0.3) is 0 Å². The Balaban J connectivity index is 2.57. The molecule has 0 aliphatic heterocycles. The summed E-state index contributed by atoms with van der Waals surface area (Å²) in [5.41, 5.74) is 1.63. The van der Waals surface area contributed by atoms with E-state index in [4.69, 9.17) is 4.74 Å². The van der Waals surface area contributed by atoms with Gasteiger partial charge in [-0.2, -0.15) is 0 Å². The molecule has 0 heterocycles. The molecule has 1 rings (SSSR count). The third-order valence-corrected chi connectivity index (χ3v) is 3.36. The lowest BCUT2D eigenvalue weighted by atomic mass is 9.87. The standard InChI is InChI=1S/C18H31NO/c1-7-11-19-13-18(5,6)14-20-16-10-8-9-15(12-16)17(2,3)4/h8-10,12,19H,7,11,13-14H2,1-6H3. The minimum Gasteiger partial charge on any atom is -0.493 e. The van der Waals surface area contributed by atoms with E-state index < -0.39 is 0 Å². The summed E-state index contributed by atoms with van der Waals surface area (Å²) < 4.78 is 6.00. The molecule has 0 fully saturated rings. The molecule has 114 valence electrons. The molecular weight excluding hydrogens is 246 g/mol. The summed E-state index contributed by atoms with van der Waals surface area (Å²) in [5, 5.41) is 3.47. The second-order valence-electron chi connectivity index (χ2n) is 7.41. The van der Waals surface area contributed by atoms with Crippen LogP contribution in [0.3, 0.4) is 0 Å². The van der Waals surface area contributed by atoms with E-state index in [-0.39, 0.29) is 10.8 Å². The minimum absolute atomic E-state index is 0.146. The van der Waals surface area contributed by atoms with Crippen molar-refractivity contribution in [2.45, 2.75) is 53.4 Å². The molecule has 0 atom stereocenters. The van der Waals surface area contributed by atoms with Crippen LogP contribution in [0.2, 0.25) is 0 Å². The van der Waals surface area contributed by atoms with Crippen LogP contribution in [-0.4, -0.2) is 19.7 Å². The smallest absolute Gasteiger partial charge is 0.119 e. The SMILES string of the molecule is CCCNCC(C)(C)COc1cccc(C(C)(C)C)c1. The van der Waals surface area contributed by atoms with Crippen LogP contribution >= 0.6 is 0 Å². The zero-order valence-electron chi connectivity index (χ0n) is 14.0. The summed E-state index contributed by atoms with van der Waals surface area (Å²) in [6.07, 6.45) is 1.17. The monoisotopic (exact) mass is 277 g/mol. The van der Waals surface area contributed by atoms with Gasteiger partial charge in [0.1, 0.15) is 5.75 Å². The molecule has 0 saturated carbocycles. The second kappa shape index (κ2) is 7.12. The highest BCUT2D eigenvalue weighted by atomic mass is 16.5. The molecule has 0 saturated heterocycles. The molecule has 1 aromatic rings. The summed E-state index contributed by atoms with van der Waals surface area (Å²) in [6.45, 7) is 16.1. The van der Waals surface area contributed by atoms with E-state index in [1.54, 1.807) is 0 Å². The molecule has 0 amide bonds. The van der Waals surface area contributed by atoms with Crippen molar-refractivity contribution in [1.29, 1.82) is 0 Å². The number of ether oxygens (including phenoxy) is 1. The van der Waals surface area contributed by atoms with Crippen molar-refractivity contribution < 1.29 is 4.74 Å². The molecule has 2 nitrogen and oxygen atoms in total. The van der Waals surface area contributed by atoms with Crippen LogP contribution in [0.25, 0.3) is 0 Å². The largest absolute Gasteiger partial charge is 0.493 e. The van der Waals surface area contributed by atoms with Gasteiger partial charge in [0.2, 0.25) is 0 Å². The highest BCUT2D eigenvalue weighted by molar-refractivity contribution is 5.32. The maximum atomic E-state index is 6.00. The van der Waals surface area contributed by atoms with Gasteiger partial charge in [-0.25, -0.2) is 0 Å². The van der Waals surface area contributed by atoms with Crippen LogP contribution in [0.4, 0.5) is 0 Å². The van der Waals surface area contributed by atoms with Gasteiger partial charge in [-0.1, -0.05) is 53.7 Å². The topological polar surface area (TPSA) is 21.3 Å². The predicted octanol–water partition coefficient (Wildman–Crippen LogP) is 4.39. The maximum Gasteiger partial charge on any atom is 0.119 e. The number of benzene rings is 1. The third-order valence-electron chi connectivity index (χ3n) is 3.36. The zero-order valence-corrected chi connectivity index (χ0v) is 14.0. The van der Waals surface area contributed by atoms with Crippen molar-refractivity contribution in [3.63, 3.8) is 0 Å². The van der Waals surface area contributed by atoms with E-state index in [1.165, 1.54) is 12.0 Å². The number of nitrogens with one attached hydrogen (secondary N) is 1. The van der Waals surface area contributed by atoms with Gasteiger partial charge < -0.3 is 10.1 Å². The maximum absolute atomic E-state index is 6.00. The van der Waals surface area contributed by atoms with Gasteiger partial charge in [0.05, 0.1) is 6.61 Å². The van der Waals surface area contributed by atoms with Crippen LogP contribution in [0, 0.1) is 5.41 Å². The molecule has 0 bridgehead atoms. The van der Waals surface area contributed by atoms with E-state index in [9.17, 15) is 0 Å². The van der Waals surface area contributed by atoms with Crippen molar-refractivity contribution in [1.82, 2.24) is 5.32 Å². The lowest BCUT2D eigenvalue weighted by Gasteiger charge is -2.26. The molecule has 20 heavy (non-hydrogen) atoms. The molecule has 0 spiro atoms. The number of hydrogen-bond acceptors (Lipinski definition) is 2. The second-order valence-corrected chi connectivity index (χ2v) is 7.41. The summed E-state index contributed by atoms with van der Waals surface area (Å²) in [5.74, 6) is 0.973. The first-order valence-corrected chi connectivity index (χ1v) is 7.69. The summed E-state index contributed by atoms with van der Waals surface area (Å²) in [4.78, 5) is 0. The Morgan fingerprint density at radius 1 is 1.10 bits per heavy atom. The Bertz CT molecular complexity index is 404. The molecule has 0 aliphatic carbocycles. The molecule has 0 aliphatic rings. The van der Waals surface area contributed by atoms with Crippen LogP contribution in [0.1, 0.15) is 53.5 Å². The average molecular weight is 277 g/mol. The summed E-state index contributed by atoms with van der Waals surface area (Å²) in [7, 11) is 0. The van der Waals surface area contributed by atoms with Gasteiger partial charge in [-0.05, 0) is 36.1 Å². The van der Waals surface area contributed by atoms with Crippen LogP contribution in [-0.2, 0) is 5.41 Å². The summed E-state index contributed by atoms with van der Waals surface area (Å²) in [6, 6.07) is 8.46. The minimum atomic E-state index is 0.146. The van der Waals surface area contributed by atoms with Gasteiger partial charge in [0, 0.05) is 12.0 Å². The highest BCUT2D eigenvalue weighted by Crippen LogP contribution is 2.26. The van der Waals surface area contributed by atoms with Crippen LogP contribution in [0.5, 0.6) is 5.75 Å². The highest BCUT2D eigenvalue weighted by Gasteiger charge is 2.19. The molecule has 2 heteroatoms. The van der Waals surface area contributed by atoms with E-state index in [2.05, 4.69) is 65.1 Å². The lowest BCUT2D eigenvalue weighted by Crippen LogP contribution is -2.34. The van der Waals surface area contributed by atoms with Gasteiger partial charge >= 0.3 is 0 Å². The van der Waals surface area contributed by atoms with E-state index in [0.29, 0.717) is 0 Å². The Morgan fingerprint density at radius 2 is 1.80 bits per heavy atom. The van der Waals surface area contributed by atoms with Gasteiger partial charge in [0.15, 0.2) is 0 Å². The third kappa shape index (κ3) is 5.96. The Morgan fingerprint density at radius 3 is 2.40 bits per heavy atom. The van der Waals surface area contributed by atoms with Crippen LogP contribution < -0.4 is 10.1 Å². The normalized spacial score (nSPS) is 12.5.